The Morgan fingerprint density at radius 2 is 2.12 bits per heavy atom. The molecule has 0 aliphatic carbocycles. The van der Waals surface area contributed by atoms with E-state index in [0.717, 1.165) is 6.07 Å². The highest BCUT2D eigenvalue weighted by atomic mass is 79.9. The van der Waals surface area contributed by atoms with Gasteiger partial charge in [-0.3, -0.25) is 4.79 Å². The van der Waals surface area contributed by atoms with Gasteiger partial charge in [0.2, 0.25) is 0 Å². The average molecular weight is 306 g/mol. The molecular formula is C10H9BrFNO4. The predicted molar refractivity (Wildman–Crippen MR) is 60.1 cm³/mol. The lowest BCUT2D eigenvalue weighted by Gasteiger charge is -2.08. The summed E-state index contributed by atoms with van der Waals surface area (Å²) < 4.78 is 13.8. The molecule has 0 heterocycles. The highest BCUT2D eigenvalue weighted by Gasteiger charge is 2.17. The molecule has 0 radical (unpaired) electrons. The lowest BCUT2D eigenvalue weighted by Crippen LogP contribution is -2.36. The molecule has 17 heavy (non-hydrogen) atoms. The van der Waals surface area contributed by atoms with E-state index in [1.54, 1.807) is 0 Å². The smallest absolute Gasteiger partial charge is 0.334 e. The van der Waals surface area contributed by atoms with Gasteiger partial charge in [-0.25, -0.2) is 9.18 Å². The summed E-state index contributed by atoms with van der Waals surface area (Å²) in [6, 6.07) is 3.79. The molecule has 1 rings (SSSR count). The van der Waals surface area contributed by atoms with Crippen molar-refractivity contribution in [3.05, 3.63) is 34.1 Å². The Hall–Kier alpha value is -1.47. The van der Waals surface area contributed by atoms with Crippen LogP contribution in [0.5, 0.6) is 0 Å². The third kappa shape index (κ3) is 3.79. The van der Waals surface area contributed by atoms with Crippen LogP contribution < -0.4 is 5.32 Å². The zero-order chi connectivity index (χ0) is 13.0. The average Bonchev–Trinajstić information content (AvgIpc) is 2.28. The van der Waals surface area contributed by atoms with E-state index < -0.39 is 30.3 Å². The predicted octanol–water partition coefficient (Wildman–Crippen LogP) is 0.764. The van der Waals surface area contributed by atoms with Gasteiger partial charge >= 0.3 is 5.97 Å². The Labute approximate surface area is 104 Å². The van der Waals surface area contributed by atoms with Crippen LogP contribution in [0.4, 0.5) is 4.39 Å². The molecule has 1 atom stereocenters. The molecule has 0 fully saturated rings. The molecule has 0 aromatic heterocycles. The molecular weight excluding hydrogens is 297 g/mol. The van der Waals surface area contributed by atoms with E-state index >= 15 is 0 Å². The van der Waals surface area contributed by atoms with Crippen molar-refractivity contribution in [1.29, 1.82) is 0 Å². The minimum atomic E-state index is -1.71. The minimum absolute atomic E-state index is 0.225. The molecule has 1 aromatic rings. The third-order valence-corrected chi connectivity index (χ3v) is 2.41. The molecule has 5 nitrogen and oxygen atoms in total. The SMILES string of the molecule is O=C(NCC(O)C(=O)O)c1cc(Br)ccc1F. The van der Waals surface area contributed by atoms with E-state index in [-0.39, 0.29) is 5.56 Å². The first-order chi connectivity index (χ1) is 7.91. The molecule has 0 saturated carbocycles. The standard InChI is InChI=1S/C10H9BrFNO4/c11-5-1-2-7(12)6(3-5)9(15)13-4-8(14)10(16)17/h1-3,8,14H,4H2,(H,13,15)(H,16,17). The molecule has 1 amide bonds. The van der Waals surface area contributed by atoms with Crippen LogP contribution >= 0.6 is 15.9 Å². The molecule has 3 N–H and O–H groups in total. The highest BCUT2D eigenvalue weighted by Crippen LogP contribution is 2.15. The lowest BCUT2D eigenvalue weighted by atomic mass is 10.2. The molecule has 0 saturated heterocycles. The molecule has 7 heteroatoms. The van der Waals surface area contributed by atoms with Gasteiger partial charge in [0.05, 0.1) is 12.1 Å². The summed E-state index contributed by atoms with van der Waals surface area (Å²) in [5, 5.41) is 19.4. The zero-order valence-corrected chi connectivity index (χ0v) is 10.1. The van der Waals surface area contributed by atoms with Crippen molar-refractivity contribution in [2.75, 3.05) is 6.54 Å². The summed E-state index contributed by atoms with van der Waals surface area (Å²) in [4.78, 5) is 21.8. The van der Waals surface area contributed by atoms with Crippen LogP contribution in [0.3, 0.4) is 0 Å². The summed E-state index contributed by atoms with van der Waals surface area (Å²) in [6.07, 6.45) is -1.71. The number of carbonyl (C=O) groups excluding carboxylic acids is 1. The van der Waals surface area contributed by atoms with E-state index in [1.165, 1.54) is 12.1 Å². The minimum Gasteiger partial charge on any atom is -0.479 e. The summed E-state index contributed by atoms with van der Waals surface area (Å²) in [5.41, 5.74) is -0.225. The van der Waals surface area contributed by atoms with Gasteiger partial charge in [0, 0.05) is 4.47 Å². The topological polar surface area (TPSA) is 86.6 Å². The van der Waals surface area contributed by atoms with E-state index in [2.05, 4.69) is 21.2 Å². The summed E-state index contributed by atoms with van der Waals surface area (Å²) >= 11 is 3.08. The number of carbonyl (C=O) groups is 2. The Morgan fingerprint density at radius 1 is 1.47 bits per heavy atom. The second kappa shape index (κ2) is 5.74. The molecule has 1 aromatic carbocycles. The van der Waals surface area contributed by atoms with Crippen molar-refractivity contribution in [1.82, 2.24) is 5.32 Å². The summed E-state index contributed by atoms with van der Waals surface area (Å²) in [5.74, 6) is -2.97. The molecule has 0 spiro atoms. The van der Waals surface area contributed by atoms with Crippen molar-refractivity contribution < 1.29 is 24.2 Å². The van der Waals surface area contributed by atoms with Gasteiger partial charge in [0.15, 0.2) is 6.10 Å². The normalized spacial score (nSPS) is 11.9. The Kier molecular flexibility index (Phi) is 4.59. The number of aliphatic hydroxyl groups excluding tert-OH is 1. The Balaban J connectivity index is 2.70. The largest absolute Gasteiger partial charge is 0.479 e. The van der Waals surface area contributed by atoms with E-state index in [1.807, 2.05) is 0 Å². The molecule has 1 unspecified atom stereocenters. The number of aliphatic carboxylic acids is 1. The number of halogens is 2. The van der Waals surface area contributed by atoms with Crippen molar-refractivity contribution >= 4 is 27.8 Å². The van der Waals surface area contributed by atoms with Crippen LogP contribution in [0.15, 0.2) is 22.7 Å². The fourth-order valence-corrected chi connectivity index (χ4v) is 1.40. The lowest BCUT2D eigenvalue weighted by molar-refractivity contribution is -0.146. The van der Waals surface area contributed by atoms with Crippen molar-refractivity contribution in [2.45, 2.75) is 6.10 Å². The maximum absolute atomic E-state index is 13.2. The number of amides is 1. The van der Waals surface area contributed by atoms with Crippen LogP contribution in [0.1, 0.15) is 10.4 Å². The molecule has 0 aliphatic rings. The Bertz CT molecular complexity index is 452. The second-order valence-electron chi connectivity index (χ2n) is 3.19. The summed E-state index contributed by atoms with van der Waals surface area (Å²) in [6.45, 7) is -0.486. The summed E-state index contributed by atoms with van der Waals surface area (Å²) in [7, 11) is 0. The molecule has 0 bridgehead atoms. The molecule has 92 valence electrons. The van der Waals surface area contributed by atoms with E-state index in [0.29, 0.717) is 4.47 Å². The van der Waals surface area contributed by atoms with Crippen LogP contribution in [-0.4, -0.2) is 34.7 Å². The van der Waals surface area contributed by atoms with Gasteiger partial charge in [-0.05, 0) is 18.2 Å². The Morgan fingerprint density at radius 3 is 2.71 bits per heavy atom. The van der Waals surface area contributed by atoms with Crippen molar-refractivity contribution in [3.8, 4) is 0 Å². The number of nitrogens with one attached hydrogen (secondary N) is 1. The highest BCUT2D eigenvalue weighted by molar-refractivity contribution is 9.10. The third-order valence-electron chi connectivity index (χ3n) is 1.91. The van der Waals surface area contributed by atoms with Crippen LogP contribution in [0.2, 0.25) is 0 Å². The van der Waals surface area contributed by atoms with Crippen LogP contribution in [-0.2, 0) is 4.79 Å². The first-order valence-corrected chi connectivity index (χ1v) is 5.35. The quantitative estimate of drug-likeness (QED) is 0.766. The number of hydrogen-bond donors (Lipinski definition) is 3. The van der Waals surface area contributed by atoms with Gasteiger partial charge < -0.3 is 15.5 Å². The van der Waals surface area contributed by atoms with Crippen LogP contribution in [0, 0.1) is 5.82 Å². The van der Waals surface area contributed by atoms with Gasteiger partial charge in [0.1, 0.15) is 5.82 Å². The number of aliphatic hydroxyl groups is 1. The van der Waals surface area contributed by atoms with Gasteiger partial charge in [-0.15, -0.1) is 0 Å². The fraction of sp³-hybridized carbons (Fsp3) is 0.200. The first kappa shape index (κ1) is 13.6. The van der Waals surface area contributed by atoms with E-state index in [4.69, 9.17) is 10.2 Å². The fourth-order valence-electron chi connectivity index (χ4n) is 1.04. The van der Waals surface area contributed by atoms with Crippen molar-refractivity contribution in [2.24, 2.45) is 0 Å². The number of benzene rings is 1. The monoisotopic (exact) mass is 305 g/mol. The van der Waals surface area contributed by atoms with Gasteiger partial charge in [-0.2, -0.15) is 0 Å². The number of hydrogen-bond acceptors (Lipinski definition) is 3. The van der Waals surface area contributed by atoms with Crippen LogP contribution in [0.25, 0.3) is 0 Å². The van der Waals surface area contributed by atoms with E-state index in [9.17, 15) is 14.0 Å². The zero-order valence-electron chi connectivity index (χ0n) is 8.48. The van der Waals surface area contributed by atoms with Crippen molar-refractivity contribution in [3.63, 3.8) is 0 Å². The molecule has 0 aliphatic heterocycles. The second-order valence-corrected chi connectivity index (χ2v) is 4.10. The maximum Gasteiger partial charge on any atom is 0.334 e. The number of rotatable bonds is 4. The maximum atomic E-state index is 13.2. The number of carboxylic acid groups (broad SMARTS) is 1. The first-order valence-electron chi connectivity index (χ1n) is 4.56. The van der Waals surface area contributed by atoms with Gasteiger partial charge in [0.25, 0.3) is 5.91 Å². The van der Waals surface area contributed by atoms with Gasteiger partial charge in [-0.1, -0.05) is 15.9 Å². The number of carboxylic acids is 1.